The first-order valence-corrected chi connectivity index (χ1v) is 16.2. The maximum atomic E-state index is 13.6. The molecule has 2 saturated carbocycles. The molecular formula is C36H43ClN6O4. The van der Waals surface area contributed by atoms with E-state index in [4.69, 9.17) is 5.73 Å². The van der Waals surface area contributed by atoms with Gasteiger partial charge in [-0.15, -0.1) is 12.4 Å². The molecule has 0 unspecified atom stereocenters. The molecule has 3 amide bonds. The minimum Gasteiger partial charge on any atom is -0.393 e. The Morgan fingerprint density at radius 1 is 1.00 bits per heavy atom. The summed E-state index contributed by atoms with van der Waals surface area (Å²) in [5.74, 6) is -0.184. The van der Waals surface area contributed by atoms with Crippen molar-refractivity contribution in [3.05, 3.63) is 83.6 Å². The molecule has 4 aromatic rings. The normalized spacial score (nSPS) is 21.2. The fourth-order valence-corrected chi connectivity index (χ4v) is 6.56. The number of nitrogens with two attached hydrogens (primary N) is 1. The number of rotatable bonds is 10. The lowest BCUT2D eigenvalue weighted by molar-refractivity contribution is -0.130. The molecule has 0 radical (unpaired) electrons. The third kappa shape index (κ3) is 8.19. The van der Waals surface area contributed by atoms with E-state index >= 15 is 0 Å². The fraction of sp³-hybridized carbons (Fsp3) is 0.389. The quantitative estimate of drug-likeness (QED) is 0.145. The van der Waals surface area contributed by atoms with E-state index in [1.54, 1.807) is 6.20 Å². The van der Waals surface area contributed by atoms with E-state index in [-0.39, 0.29) is 48.2 Å². The summed E-state index contributed by atoms with van der Waals surface area (Å²) in [7, 11) is 0. The second kappa shape index (κ2) is 15.1. The smallest absolute Gasteiger partial charge is 0.251 e. The van der Waals surface area contributed by atoms with Crippen LogP contribution >= 0.6 is 12.4 Å². The van der Waals surface area contributed by atoms with E-state index in [9.17, 15) is 19.5 Å². The van der Waals surface area contributed by atoms with Crippen LogP contribution in [0.1, 0.15) is 60.0 Å². The van der Waals surface area contributed by atoms with Crippen LogP contribution in [0.2, 0.25) is 0 Å². The Morgan fingerprint density at radius 3 is 2.43 bits per heavy atom. The van der Waals surface area contributed by atoms with Gasteiger partial charge in [0.25, 0.3) is 5.91 Å². The van der Waals surface area contributed by atoms with E-state index in [1.807, 2.05) is 67.6 Å². The minimum absolute atomic E-state index is 0. The number of aryl methyl sites for hydroxylation is 1. The summed E-state index contributed by atoms with van der Waals surface area (Å²) in [5, 5.41) is 26.4. The van der Waals surface area contributed by atoms with Crippen LogP contribution in [0.3, 0.4) is 0 Å². The maximum Gasteiger partial charge on any atom is 0.251 e. The van der Waals surface area contributed by atoms with Crippen LogP contribution in [0.15, 0.2) is 66.9 Å². The van der Waals surface area contributed by atoms with E-state index in [0.717, 1.165) is 58.8 Å². The van der Waals surface area contributed by atoms with E-state index in [0.29, 0.717) is 43.0 Å². The molecular weight excluding hydrogens is 616 g/mol. The summed E-state index contributed by atoms with van der Waals surface area (Å²) in [4.78, 5) is 39.6. The molecule has 1 atom stereocenters. The Labute approximate surface area is 280 Å². The molecule has 1 heterocycles. The molecule has 2 fully saturated rings. The largest absolute Gasteiger partial charge is 0.393 e. The topological polar surface area (TPSA) is 162 Å². The number of aromatic nitrogens is 2. The van der Waals surface area contributed by atoms with Crippen LogP contribution in [-0.4, -0.2) is 57.8 Å². The number of aliphatic hydroxyl groups excluding tert-OH is 1. The Hall–Kier alpha value is -4.25. The molecule has 7 N–H and O–H groups in total. The standard InChI is InChI=1S/C36H42N6O4.ClH/c1-21-14-26(35(45)40-29-16-30(43)17-29)11-13-31(21)24-6-2-22(3-7-24)15-33(41-34(44)25-8-4-23(19-37)5-9-25)36(46)39-28-12-10-27-20-38-42-32(27)18-28;/h2-3,6-7,10-14,18,20,23,25,29-30,33,43H,4-5,8-9,15-17,19,37H2,1H3,(H,38,42)(H,39,46)(H,40,45)(H,41,44);1H/t23-,25-,29?,30?,33-;/m0./s1. The molecule has 2 aliphatic rings. The van der Waals surface area contributed by atoms with Crippen molar-refractivity contribution in [3.8, 4) is 11.1 Å². The van der Waals surface area contributed by atoms with Gasteiger partial charge in [-0.1, -0.05) is 30.3 Å². The van der Waals surface area contributed by atoms with Crippen LogP contribution in [0.25, 0.3) is 22.0 Å². The van der Waals surface area contributed by atoms with Gasteiger partial charge in [-0.3, -0.25) is 19.5 Å². The predicted molar refractivity (Wildman–Crippen MR) is 185 cm³/mol. The zero-order valence-electron chi connectivity index (χ0n) is 26.5. The number of amides is 3. The first-order chi connectivity index (χ1) is 22.2. The van der Waals surface area contributed by atoms with Crippen LogP contribution in [0.4, 0.5) is 5.69 Å². The van der Waals surface area contributed by atoms with Gasteiger partial charge in [0, 0.05) is 35.0 Å². The van der Waals surface area contributed by atoms with Gasteiger partial charge in [0.1, 0.15) is 6.04 Å². The van der Waals surface area contributed by atoms with Gasteiger partial charge in [0.15, 0.2) is 0 Å². The Balaban J connectivity index is 0.00000433. The van der Waals surface area contributed by atoms with E-state index < -0.39 is 6.04 Å². The first-order valence-electron chi connectivity index (χ1n) is 16.2. The molecule has 0 spiro atoms. The summed E-state index contributed by atoms with van der Waals surface area (Å²) in [6, 6.07) is 18.4. The number of carbonyl (C=O) groups excluding carboxylic acids is 3. The van der Waals surface area contributed by atoms with Crippen molar-refractivity contribution in [2.45, 2.75) is 70.1 Å². The first kappa shape index (κ1) is 34.1. The van der Waals surface area contributed by atoms with Crippen LogP contribution in [-0.2, 0) is 16.0 Å². The van der Waals surface area contributed by atoms with Gasteiger partial charge in [-0.05, 0) is 110 Å². The third-order valence-corrected chi connectivity index (χ3v) is 9.54. The van der Waals surface area contributed by atoms with Crippen molar-refractivity contribution in [1.82, 2.24) is 20.8 Å². The van der Waals surface area contributed by atoms with Crippen molar-refractivity contribution in [2.24, 2.45) is 17.6 Å². The number of H-pyrrole nitrogens is 1. The summed E-state index contributed by atoms with van der Waals surface area (Å²) < 4.78 is 0. The van der Waals surface area contributed by atoms with Crippen LogP contribution < -0.4 is 21.7 Å². The molecule has 10 nitrogen and oxygen atoms in total. The van der Waals surface area contributed by atoms with Gasteiger partial charge >= 0.3 is 0 Å². The van der Waals surface area contributed by atoms with Crippen LogP contribution in [0.5, 0.6) is 0 Å². The molecule has 1 aromatic heterocycles. The average molecular weight is 659 g/mol. The number of hydrogen-bond donors (Lipinski definition) is 6. The Bertz CT molecular complexity index is 1710. The number of carbonyl (C=O) groups is 3. The second-order valence-electron chi connectivity index (χ2n) is 12.9. The van der Waals surface area contributed by atoms with Gasteiger partial charge in [-0.2, -0.15) is 5.10 Å². The molecule has 248 valence electrons. The average Bonchev–Trinajstić information content (AvgIpc) is 3.52. The van der Waals surface area contributed by atoms with Crippen molar-refractivity contribution < 1.29 is 19.5 Å². The number of anilines is 1. The van der Waals surface area contributed by atoms with Crippen LogP contribution in [0, 0.1) is 18.8 Å². The predicted octanol–water partition coefficient (Wildman–Crippen LogP) is 4.64. The molecule has 2 aliphatic carbocycles. The van der Waals surface area contributed by atoms with Gasteiger partial charge in [0.2, 0.25) is 11.8 Å². The third-order valence-electron chi connectivity index (χ3n) is 9.54. The zero-order chi connectivity index (χ0) is 32.2. The highest BCUT2D eigenvalue weighted by molar-refractivity contribution is 5.99. The summed E-state index contributed by atoms with van der Waals surface area (Å²) in [5.41, 5.74) is 11.8. The Morgan fingerprint density at radius 2 is 1.74 bits per heavy atom. The number of hydrogen-bond acceptors (Lipinski definition) is 6. The number of benzene rings is 3. The van der Waals surface area contributed by atoms with Gasteiger partial charge in [0.05, 0.1) is 17.8 Å². The number of fused-ring (bicyclic) bond motifs is 1. The molecule has 3 aromatic carbocycles. The molecule has 11 heteroatoms. The highest BCUT2D eigenvalue weighted by atomic mass is 35.5. The van der Waals surface area contributed by atoms with Crippen molar-refractivity contribution >= 4 is 46.7 Å². The maximum absolute atomic E-state index is 13.6. The Kier molecular flexibility index (Phi) is 11.0. The molecule has 47 heavy (non-hydrogen) atoms. The monoisotopic (exact) mass is 658 g/mol. The second-order valence-corrected chi connectivity index (χ2v) is 12.9. The molecule has 0 aliphatic heterocycles. The number of aromatic amines is 1. The molecule has 0 bridgehead atoms. The zero-order valence-corrected chi connectivity index (χ0v) is 27.3. The molecule has 0 saturated heterocycles. The lowest BCUT2D eigenvalue weighted by Crippen LogP contribution is -2.48. The summed E-state index contributed by atoms with van der Waals surface area (Å²) in [6.45, 7) is 2.62. The lowest BCUT2D eigenvalue weighted by atomic mass is 9.81. The SMILES string of the molecule is Cc1cc(C(=O)NC2CC(O)C2)ccc1-c1ccc(C[C@H](NC(=O)[C@H]2CC[C@H](CN)CC2)C(=O)Nc2ccc3cn[nH]c3c2)cc1.Cl. The van der Waals surface area contributed by atoms with Crippen molar-refractivity contribution in [2.75, 3.05) is 11.9 Å². The van der Waals surface area contributed by atoms with E-state index in [2.05, 4.69) is 26.1 Å². The molecule has 6 rings (SSSR count). The lowest BCUT2D eigenvalue weighted by Gasteiger charge is -2.32. The number of halogens is 1. The van der Waals surface area contributed by atoms with E-state index in [1.165, 1.54) is 0 Å². The van der Waals surface area contributed by atoms with Crippen molar-refractivity contribution in [1.29, 1.82) is 0 Å². The fourth-order valence-electron chi connectivity index (χ4n) is 6.56. The number of nitrogens with zero attached hydrogens (tertiary/aromatic N) is 1. The van der Waals surface area contributed by atoms with Crippen molar-refractivity contribution in [3.63, 3.8) is 0 Å². The number of nitrogens with one attached hydrogen (secondary N) is 4. The minimum atomic E-state index is -0.764. The summed E-state index contributed by atoms with van der Waals surface area (Å²) >= 11 is 0. The number of aliphatic hydroxyl groups is 1. The highest BCUT2D eigenvalue weighted by Crippen LogP contribution is 2.29. The summed E-state index contributed by atoms with van der Waals surface area (Å²) in [6.07, 6.45) is 6.32. The van der Waals surface area contributed by atoms with Gasteiger partial charge in [-0.25, -0.2) is 0 Å². The highest BCUT2D eigenvalue weighted by Gasteiger charge is 2.30. The van der Waals surface area contributed by atoms with Gasteiger partial charge < -0.3 is 26.8 Å².